The number of alkyl halides is 5. The summed E-state index contributed by atoms with van der Waals surface area (Å²) in [6.07, 6.45) is -0.917. The lowest BCUT2D eigenvalue weighted by Gasteiger charge is -2.22. The fourth-order valence-corrected chi connectivity index (χ4v) is 4.77. The molecule has 0 radical (unpaired) electrons. The van der Waals surface area contributed by atoms with E-state index < -0.39 is 42.3 Å². The van der Waals surface area contributed by atoms with Crippen molar-refractivity contribution in [2.45, 2.75) is 57.4 Å². The van der Waals surface area contributed by atoms with Crippen molar-refractivity contribution in [1.82, 2.24) is 24.5 Å². The molecule has 1 aromatic carbocycles. The van der Waals surface area contributed by atoms with Crippen LogP contribution in [0.1, 0.15) is 61.4 Å². The highest BCUT2D eigenvalue weighted by Crippen LogP contribution is 2.34. The Bertz CT molecular complexity index is 1550. The number of hydrogen-bond acceptors (Lipinski definition) is 5. The third-order valence-corrected chi connectivity index (χ3v) is 6.67. The fraction of sp³-hybridized carbons (Fsp3) is 0.357. The highest BCUT2D eigenvalue weighted by Gasteiger charge is 2.33. The van der Waals surface area contributed by atoms with Crippen LogP contribution in [0.2, 0.25) is 0 Å². The van der Waals surface area contributed by atoms with Crippen LogP contribution in [0.3, 0.4) is 0 Å². The predicted octanol–water partition coefficient (Wildman–Crippen LogP) is 6.94. The Morgan fingerprint density at radius 3 is 2.31 bits per heavy atom. The van der Waals surface area contributed by atoms with E-state index in [1.54, 1.807) is 0 Å². The molecule has 0 bridgehead atoms. The molecule has 3 aromatic heterocycles. The largest absolute Gasteiger partial charge is 0.573 e. The average Bonchev–Trinajstić information content (AvgIpc) is 3.32. The van der Waals surface area contributed by atoms with Gasteiger partial charge in [-0.3, -0.25) is 14.5 Å². The number of aryl methyl sites for hydroxylation is 1. The predicted molar refractivity (Wildman–Crippen MR) is 138 cm³/mol. The topological polar surface area (TPSA) is 74.8 Å². The Morgan fingerprint density at radius 2 is 1.71 bits per heavy atom. The average molecular weight is 598 g/mol. The summed E-state index contributed by atoms with van der Waals surface area (Å²) in [6, 6.07) is 8.41. The third-order valence-electron chi connectivity index (χ3n) is 6.67. The van der Waals surface area contributed by atoms with Gasteiger partial charge in [-0.05, 0) is 49.1 Å². The summed E-state index contributed by atoms with van der Waals surface area (Å²) < 4.78 is 95.8. The van der Waals surface area contributed by atoms with Crippen molar-refractivity contribution >= 4 is 0 Å². The molecule has 5 rings (SSSR count). The van der Waals surface area contributed by atoms with Crippen LogP contribution < -0.4 is 10.3 Å². The van der Waals surface area contributed by atoms with E-state index in [9.17, 15) is 35.5 Å². The highest BCUT2D eigenvalue weighted by atomic mass is 19.4. The Kier molecular flexibility index (Phi) is 9.63. The van der Waals surface area contributed by atoms with Gasteiger partial charge in [-0.15, -0.1) is 13.2 Å². The second-order valence-electron chi connectivity index (χ2n) is 9.59. The number of ether oxygens (including phenoxy) is 1. The smallest absolute Gasteiger partial charge is 0.404 e. The van der Waals surface area contributed by atoms with Gasteiger partial charge < -0.3 is 4.74 Å². The molecule has 0 N–H and O–H groups in total. The van der Waals surface area contributed by atoms with Gasteiger partial charge in [0.1, 0.15) is 23.0 Å². The summed E-state index contributed by atoms with van der Waals surface area (Å²) in [4.78, 5) is 17.2. The molecule has 7 nitrogen and oxygen atoms in total. The van der Waals surface area contributed by atoms with Crippen LogP contribution in [-0.4, -0.2) is 30.9 Å². The summed E-state index contributed by atoms with van der Waals surface area (Å²) in [6.45, 7) is -0.428. The molecule has 0 aliphatic heterocycles. The molecule has 0 atom stereocenters. The van der Waals surface area contributed by atoms with Gasteiger partial charge in [0.25, 0.3) is 12.0 Å². The molecule has 1 saturated carbocycles. The second-order valence-corrected chi connectivity index (χ2v) is 9.59. The molecular formula is C28H26F7N5O2. The van der Waals surface area contributed by atoms with Crippen molar-refractivity contribution in [2.75, 3.05) is 0 Å². The van der Waals surface area contributed by atoms with E-state index in [2.05, 4.69) is 19.9 Å². The zero-order valence-electron chi connectivity index (χ0n) is 22.3. The minimum Gasteiger partial charge on any atom is -0.404 e. The van der Waals surface area contributed by atoms with Crippen LogP contribution in [0.5, 0.6) is 5.75 Å². The van der Waals surface area contributed by atoms with Crippen molar-refractivity contribution in [3.8, 4) is 17.0 Å². The van der Waals surface area contributed by atoms with E-state index in [0.717, 1.165) is 53.6 Å². The summed E-state index contributed by atoms with van der Waals surface area (Å²) in [5, 5.41) is 8.13. The maximum Gasteiger partial charge on any atom is 0.573 e. The van der Waals surface area contributed by atoms with Gasteiger partial charge in [-0.1, -0.05) is 25.3 Å². The van der Waals surface area contributed by atoms with Crippen LogP contribution in [0.25, 0.3) is 11.3 Å². The SMILES string of the molecule is Cn1ncc(-c2cc(C3CCCCC3)c(=O)n(Cc3ncccc3OC(F)(F)F)n2)c1C(F)F.Fc1cccc(F)c1. The van der Waals surface area contributed by atoms with Crippen molar-refractivity contribution < 1.29 is 35.5 Å². The molecule has 0 spiro atoms. The number of aromatic nitrogens is 5. The number of nitrogens with zero attached hydrogens (tertiary/aromatic N) is 5. The lowest BCUT2D eigenvalue weighted by molar-refractivity contribution is -0.275. The lowest BCUT2D eigenvalue weighted by Crippen LogP contribution is -2.30. The zero-order valence-corrected chi connectivity index (χ0v) is 22.3. The summed E-state index contributed by atoms with van der Waals surface area (Å²) >= 11 is 0. The molecule has 14 heteroatoms. The fourth-order valence-electron chi connectivity index (χ4n) is 4.77. The van der Waals surface area contributed by atoms with Crippen molar-refractivity contribution in [3.63, 3.8) is 0 Å². The van der Waals surface area contributed by atoms with Gasteiger partial charge in [0.05, 0.1) is 18.4 Å². The summed E-state index contributed by atoms with van der Waals surface area (Å²) in [7, 11) is 1.37. The van der Waals surface area contributed by atoms with Gasteiger partial charge in [-0.2, -0.15) is 10.2 Å². The maximum atomic E-state index is 13.7. The standard InChI is InChI=1S/C22H22F5N5O2.C6H4F2/c1-31-19(20(23)24)15(11-29-31)16-10-14(13-6-3-2-4-7-13)21(33)32(30-16)12-17-18(8-5-9-28-17)34-22(25,26)27;7-5-2-1-3-6(8)4-5/h5,8-11,13,20H,2-4,6-7,12H2,1H3;1-4H. The monoisotopic (exact) mass is 597 g/mol. The number of benzene rings is 1. The third kappa shape index (κ3) is 7.74. The lowest BCUT2D eigenvalue weighted by atomic mass is 9.84. The molecular weight excluding hydrogens is 571 g/mol. The quantitative estimate of drug-likeness (QED) is 0.225. The van der Waals surface area contributed by atoms with E-state index in [1.165, 1.54) is 49.8 Å². The molecule has 0 saturated heterocycles. The first kappa shape index (κ1) is 30.7. The normalized spacial score (nSPS) is 14.0. The highest BCUT2D eigenvalue weighted by molar-refractivity contribution is 5.62. The van der Waals surface area contributed by atoms with Crippen LogP contribution in [-0.2, 0) is 13.6 Å². The van der Waals surface area contributed by atoms with Crippen LogP contribution in [0, 0.1) is 11.6 Å². The van der Waals surface area contributed by atoms with Crippen molar-refractivity contribution in [1.29, 1.82) is 0 Å². The van der Waals surface area contributed by atoms with Crippen molar-refractivity contribution in [2.24, 2.45) is 7.05 Å². The van der Waals surface area contributed by atoms with Crippen molar-refractivity contribution in [3.05, 3.63) is 93.8 Å². The van der Waals surface area contributed by atoms with Gasteiger partial charge in [0.15, 0.2) is 5.75 Å². The Labute approximate surface area is 235 Å². The Balaban J connectivity index is 0.000000437. The molecule has 3 heterocycles. The Hall–Kier alpha value is -4.23. The van der Waals surface area contributed by atoms with Gasteiger partial charge in [-0.25, -0.2) is 22.2 Å². The minimum absolute atomic E-state index is 0.0519. The minimum atomic E-state index is -4.95. The van der Waals surface area contributed by atoms with Crippen LogP contribution in [0.4, 0.5) is 30.7 Å². The molecule has 0 amide bonds. The summed E-state index contributed by atoms with van der Waals surface area (Å²) in [5.41, 5.74) is -0.494. The first-order chi connectivity index (χ1) is 19.9. The van der Waals surface area contributed by atoms with Crippen LogP contribution in [0.15, 0.2) is 59.7 Å². The number of rotatable bonds is 6. The van der Waals surface area contributed by atoms with E-state index in [-0.39, 0.29) is 28.6 Å². The van der Waals surface area contributed by atoms with E-state index in [1.807, 2.05) is 0 Å². The summed E-state index contributed by atoms with van der Waals surface area (Å²) in [5.74, 6) is -1.74. The van der Waals surface area contributed by atoms with Gasteiger partial charge in [0, 0.05) is 30.4 Å². The van der Waals surface area contributed by atoms with Gasteiger partial charge >= 0.3 is 6.36 Å². The van der Waals surface area contributed by atoms with E-state index in [4.69, 9.17) is 0 Å². The Morgan fingerprint density at radius 1 is 1.02 bits per heavy atom. The molecule has 1 aliphatic carbocycles. The number of hydrogen-bond donors (Lipinski definition) is 0. The first-order valence-electron chi connectivity index (χ1n) is 13.0. The molecule has 224 valence electrons. The van der Waals surface area contributed by atoms with E-state index in [0.29, 0.717) is 5.56 Å². The molecule has 42 heavy (non-hydrogen) atoms. The van der Waals surface area contributed by atoms with Crippen LogP contribution >= 0.6 is 0 Å². The van der Waals surface area contributed by atoms with Gasteiger partial charge in [0.2, 0.25) is 0 Å². The molecule has 4 aromatic rings. The maximum absolute atomic E-state index is 13.7. The number of pyridine rings is 1. The number of halogens is 7. The molecule has 0 unspecified atom stereocenters. The zero-order chi connectivity index (χ0) is 30.4. The molecule has 1 fully saturated rings. The second kappa shape index (κ2) is 13.2. The van der Waals surface area contributed by atoms with E-state index >= 15 is 0 Å². The molecule has 1 aliphatic rings. The first-order valence-corrected chi connectivity index (χ1v) is 13.0.